The van der Waals surface area contributed by atoms with Crippen LogP contribution in [-0.2, 0) is 0 Å². The first-order chi connectivity index (χ1) is 28.9. The highest BCUT2D eigenvalue weighted by atomic mass is 16.3. The zero-order valence-corrected chi connectivity index (χ0v) is 33.1. The van der Waals surface area contributed by atoms with Crippen LogP contribution in [0.3, 0.4) is 0 Å². The molecule has 0 atom stereocenters. The van der Waals surface area contributed by atoms with Gasteiger partial charge >= 0.3 is 0 Å². The van der Waals surface area contributed by atoms with E-state index in [9.17, 15) is 0 Å². The number of rotatable bonds is 6. The highest BCUT2D eigenvalue weighted by Gasteiger charge is 2.20. The van der Waals surface area contributed by atoms with Crippen molar-refractivity contribution in [2.45, 2.75) is 20.8 Å². The number of benzene rings is 7. The molecule has 0 radical (unpaired) electrons. The number of aryl methyl sites for hydroxylation is 1. The van der Waals surface area contributed by atoms with Crippen molar-refractivity contribution >= 4 is 61.2 Å². The Bertz CT molecular complexity index is 3260. The molecule has 7 aromatic carbocycles. The summed E-state index contributed by atoms with van der Waals surface area (Å²) >= 11 is 0. The summed E-state index contributed by atoms with van der Waals surface area (Å²) in [6, 6.07) is 60.8. The minimum atomic E-state index is 0.552. The zero-order chi connectivity index (χ0) is 40.0. The van der Waals surface area contributed by atoms with Crippen molar-refractivity contribution in [2.24, 2.45) is 9.98 Å². The van der Waals surface area contributed by atoms with E-state index in [0.29, 0.717) is 11.7 Å². The van der Waals surface area contributed by atoms with Crippen LogP contribution in [-0.4, -0.2) is 21.2 Å². The molecule has 282 valence electrons. The van der Waals surface area contributed by atoms with Crippen molar-refractivity contribution < 1.29 is 4.42 Å². The second kappa shape index (κ2) is 14.7. The van der Waals surface area contributed by atoms with Crippen LogP contribution in [0.25, 0.3) is 83.1 Å². The standard InChI is InChI=1S/C54H40N4O/c1-34-30-31-40(37(4)56-54(55-36(3)38-18-7-5-8-19-38)58-49-27-14-11-22-43(49)44-23-12-15-28-50(44)58)32-46(34)41-25-17-26-42(35(41)2)48-33-47(39-20-9-6-10-21-39)53-52(57-48)45-24-13-16-29-51(45)59-53/h5-33H,3H2,1-2,4H3. The van der Waals surface area contributed by atoms with Crippen molar-refractivity contribution in [3.8, 4) is 33.5 Å². The lowest BCUT2D eigenvalue weighted by atomic mass is 9.90. The van der Waals surface area contributed by atoms with E-state index in [1.807, 2.05) is 54.6 Å². The summed E-state index contributed by atoms with van der Waals surface area (Å²) < 4.78 is 8.61. The van der Waals surface area contributed by atoms with E-state index >= 15 is 0 Å². The number of fused-ring (bicyclic) bond motifs is 6. The average Bonchev–Trinajstić information content (AvgIpc) is 3.83. The summed E-state index contributed by atoms with van der Waals surface area (Å²) in [5.74, 6) is 0.552. The van der Waals surface area contributed by atoms with Gasteiger partial charge in [0.15, 0.2) is 5.58 Å². The summed E-state index contributed by atoms with van der Waals surface area (Å²) in [7, 11) is 0. The molecule has 0 spiro atoms. The van der Waals surface area contributed by atoms with Gasteiger partial charge in [0.25, 0.3) is 0 Å². The highest BCUT2D eigenvalue weighted by molar-refractivity contribution is 6.17. The van der Waals surface area contributed by atoms with Crippen molar-refractivity contribution in [3.05, 3.63) is 205 Å². The van der Waals surface area contributed by atoms with E-state index in [1.165, 1.54) is 5.56 Å². The number of pyridine rings is 1. The fraction of sp³-hybridized carbons (Fsp3) is 0.0556. The van der Waals surface area contributed by atoms with Gasteiger partial charge in [0.05, 0.1) is 22.4 Å². The number of furan rings is 1. The summed E-state index contributed by atoms with van der Waals surface area (Å²) in [5.41, 5.74) is 16.7. The first kappa shape index (κ1) is 35.8. The molecule has 5 nitrogen and oxygen atoms in total. The Morgan fingerprint density at radius 1 is 0.559 bits per heavy atom. The molecule has 3 aromatic heterocycles. The fourth-order valence-electron chi connectivity index (χ4n) is 8.29. The monoisotopic (exact) mass is 760 g/mol. The maximum absolute atomic E-state index is 6.45. The number of nitrogens with zero attached hydrogens (tertiary/aromatic N) is 4. The third-order valence-corrected chi connectivity index (χ3v) is 11.4. The maximum atomic E-state index is 6.45. The average molecular weight is 761 g/mol. The maximum Gasteiger partial charge on any atom is 0.235 e. The SMILES string of the molecule is C=C(N=C(N=C(C)c1ccc(C)c(-c2cccc(-c3cc(-c4ccccc4)c4oc5ccccc5c4n3)c2C)c1)n1c2ccccc2c2ccccc21)c1ccccc1. The van der Waals surface area contributed by atoms with Crippen LogP contribution < -0.4 is 0 Å². The number of hydrogen-bond acceptors (Lipinski definition) is 3. The van der Waals surface area contributed by atoms with Gasteiger partial charge in [-0.1, -0.05) is 146 Å². The third kappa shape index (κ3) is 6.34. The number of aliphatic imine (C=N–C) groups is 2. The summed E-state index contributed by atoms with van der Waals surface area (Å²) in [4.78, 5) is 15.8. The minimum Gasteiger partial charge on any atom is -0.454 e. The van der Waals surface area contributed by atoms with Crippen LogP contribution in [0.1, 0.15) is 29.2 Å². The molecule has 0 unspecified atom stereocenters. The lowest BCUT2D eigenvalue weighted by molar-refractivity contribution is 0.669. The minimum absolute atomic E-state index is 0.552. The molecule has 0 N–H and O–H groups in total. The number of hydrogen-bond donors (Lipinski definition) is 0. The van der Waals surface area contributed by atoms with Gasteiger partial charge < -0.3 is 4.42 Å². The molecule has 0 aliphatic carbocycles. The predicted molar refractivity (Wildman–Crippen MR) is 247 cm³/mol. The Hall–Kier alpha value is -7.63. The van der Waals surface area contributed by atoms with Gasteiger partial charge in [-0.05, 0) is 96.1 Å². The number of para-hydroxylation sites is 3. The smallest absolute Gasteiger partial charge is 0.235 e. The molecule has 5 heteroatoms. The Labute approximate surface area is 343 Å². The summed E-state index contributed by atoms with van der Waals surface area (Å²) in [6.45, 7) is 10.8. The van der Waals surface area contributed by atoms with Gasteiger partial charge in [-0.3, -0.25) is 4.57 Å². The van der Waals surface area contributed by atoms with Crippen LogP contribution in [0, 0.1) is 13.8 Å². The van der Waals surface area contributed by atoms with E-state index in [-0.39, 0.29) is 0 Å². The normalized spacial score (nSPS) is 12.3. The molecule has 0 aliphatic heterocycles. The lowest BCUT2D eigenvalue weighted by Crippen LogP contribution is -2.12. The molecule has 0 bridgehead atoms. The lowest BCUT2D eigenvalue weighted by Gasteiger charge is -2.16. The predicted octanol–water partition coefficient (Wildman–Crippen LogP) is 14.1. The molecule has 10 aromatic rings. The van der Waals surface area contributed by atoms with Crippen molar-refractivity contribution in [1.82, 2.24) is 9.55 Å². The molecule has 10 rings (SSSR count). The van der Waals surface area contributed by atoms with Gasteiger partial charge in [-0.15, -0.1) is 0 Å². The van der Waals surface area contributed by atoms with Gasteiger partial charge in [0, 0.05) is 33.0 Å². The Morgan fingerprint density at radius 2 is 1.19 bits per heavy atom. The highest BCUT2D eigenvalue weighted by Crippen LogP contribution is 2.40. The third-order valence-electron chi connectivity index (χ3n) is 11.4. The topological polar surface area (TPSA) is 55.7 Å². The van der Waals surface area contributed by atoms with Crippen LogP contribution in [0.2, 0.25) is 0 Å². The molecular formula is C54H40N4O. The largest absolute Gasteiger partial charge is 0.454 e. The summed E-state index contributed by atoms with van der Waals surface area (Å²) in [5, 5.41) is 3.30. The van der Waals surface area contributed by atoms with Crippen molar-refractivity contribution in [2.75, 3.05) is 0 Å². The molecule has 0 aliphatic rings. The first-order valence-electron chi connectivity index (χ1n) is 19.9. The fourth-order valence-corrected chi connectivity index (χ4v) is 8.29. The van der Waals surface area contributed by atoms with E-state index in [2.05, 4.69) is 153 Å². The van der Waals surface area contributed by atoms with Crippen LogP contribution >= 0.6 is 0 Å². The van der Waals surface area contributed by atoms with E-state index in [1.54, 1.807) is 0 Å². The Morgan fingerprint density at radius 3 is 1.92 bits per heavy atom. The van der Waals surface area contributed by atoms with Crippen LogP contribution in [0.4, 0.5) is 0 Å². The zero-order valence-electron chi connectivity index (χ0n) is 33.1. The van der Waals surface area contributed by atoms with E-state index in [0.717, 1.165) is 99.8 Å². The van der Waals surface area contributed by atoms with Gasteiger partial charge in [0.2, 0.25) is 5.96 Å². The van der Waals surface area contributed by atoms with Gasteiger partial charge in [-0.25, -0.2) is 15.0 Å². The van der Waals surface area contributed by atoms with Crippen molar-refractivity contribution in [3.63, 3.8) is 0 Å². The summed E-state index contributed by atoms with van der Waals surface area (Å²) in [6.07, 6.45) is 0. The second-order valence-electron chi connectivity index (χ2n) is 15.0. The van der Waals surface area contributed by atoms with Crippen LogP contribution in [0.15, 0.2) is 197 Å². The Balaban J connectivity index is 1.11. The molecule has 0 saturated carbocycles. The van der Waals surface area contributed by atoms with E-state index in [4.69, 9.17) is 19.4 Å². The molecule has 0 saturated heterocycles. The molecule has 3 heterocycles. The molecule has 0 amide bonds. The van der Waals surface area contributed by atoms with Gasteiger partial charge in [0.1, 0.15) is 11.1 Å². The molecule has 59 heavy (non-hydrogen) atoms. The second-order valence-corrected chi connectivity index (χ2v) is 15.0. The Kier molecular flexibility index (Phi) is 8.91. The first-order valence-corrected chi connectivity index (χ1v) is 19.9. The molecular weight excluding hydrogens is 721 g/mol. The van der Waals surface area contributed by atoms with E-state index < -0.39 is 0 Å². The quantitative estimate of drug-likeness (QED) is 0.125. The molecule has 0 fully saturated rings. The van der Waals surface area contributed by atoms with Crippen LogP contribution in [0.5, 0.6) is 0 Å². The van der Waals surface area contributed by atoms with Crippen molar-refractivity contribution in [1.29, 1.82) is 0 Å². The van der Waals surface area contributed by atoms with Gasteiger partial charge in [-0.2, -0.15) is 0 Å². The number of aromatic nitrogens is 2.